The van der Waals surface area contributed by atoms with Crippen LogP contribution in [0.3, 0.4) is 0 Å². The molecule has 0 spiro atoms. The van der Waals surface area contributed by atoms with Crippen molar-refractivity contribution in [3.8, 4) is 0 Å². The first-order chi connectivity index (χ1) is 15.4. The standard InChI is InChI=1S/C22H25N5O3S2/c1-14-15(2)32-20-19(14)21(30)27(12-16-7-3-4-8-23-16)22(25-20)31-13-17(28)24-11-18(29)26-9-5-6-10-26/h3-4,7-8H,5-6,9-13H2,1-2H3,(H,24,28). The van der Waals surface area contributed by atoms with Gasteiger partial charge in [-0.3, -0.25) is 23.9 Å². The third kappa shape index (κ3) is 4.86. The van der Waals surface area contributed by atoms with Gasteiger partial charge in [-0.05, 0) is 44.4 Å². The van der Waals surface area contributed by atoms with Gasteiger partial charge in [0.15, 0.2) is 5.16 Å². The number of carbonyl (C=O) groups excluding carboxylic acids is 2. The maximum atomic E-state index is 13.3. The Kier molecular flexibility index (Phi) is 6.90. The van der Waals surface area contributed by atoms with Crippen molar-refractivity contribution in [2.75, 3.05) is 25.4 Å². The predicted molar refractivity (Wildman–Crippen MR) is 126 cm³/mol. The van der Waals surface area contributed by atoms with Crippen molar-refractivity contribution in [2.45, 2.75) is 38.4 Å². The summed E-state index contributed by atoms with van der Waals surface area (Å²) < 4.78 is 1.58. The maximum absolute atomic E-state index is 13.3. The number of thioether (sulfide) groups is 1. The summed E-state index contributed by atoms with van der Waals surface area (Å²) in [5.41, 5.74) is 1.55. The molecule has 0 radical (unpaired) electrons. The molecular weight excluding hydrogens is 446 g/mol. The normalized spacial score (nSPS) is 13.6. The van der Waals surface area contributed by atoms with Crippen LogP contribution in [0.1, 0.15) is 29.0 Å². The number of hydrogen-bond acceptors (Lipinski definition) is 7. The molecule has 3 aromatic rings. The minimum atomic E-state index is -0.264. The molecule has 4 rings (SSSR count). The SMILES string of the molecule is Cc1sc2nc(SCC(=O)NCC(=O)N3CCCC3)n(Cc3ccccn3)c(=O)c2c1C. The van der Waals surface area contributed by atoms with Crippen LogP contribution in [0.15, 0.2) is 34.3 Å². The second-order valence-electron chi connectivity index (χ2n) is 7.72. The summed E-state index contributed by atoms with van der Waals surface area (Å²) in [5, 5.41) is 3.77. The summed E-state index contributed by atoms with van der Waals surface area (Å²) in [6.45, 7) is 5.69. The Morgan fingerprint density at radius 1 is 1.22 bits per heavy atom. The Bertz CT molecular complexity index is 1200. The van der Waals surface area contributed by atoms with E-state index >= 15 is 0 Å². The molecule has 1 saturated heterocycles. The van der Waals surface area contributed by atoms with Gasteiger partial charge in [-0.25, -0.2) is 4.98 Å². The summed E-state index contributed by atoms with van der Waals surface area (Å²) in [4.78, 5) is 50.4. The number of aromatic nitrogens is 3. The average molecular weight is 472 g/mol. The fourth-order valence-corrected chi connectivity index (χ4v) is 5.54. The summed E-state index contributed by atoms with van der Waals surface area (Å²) in [6, 6.07) is 5.55. The highest BCUT2D eigenvalue weighted by atomic mass is 32.2. The number of aryl methyl sites for hydroxylation is 2. The number of fused-ring (bicyclic) bond motifs is 1. The Labute approximate surface area is 194 Å². The minimum Gasteiger partial charge on any atom is -0.346 e. The van der Waals surface area contributed by atoms with Gasteiger partial charge in [-0.2, -0.15) is 0 Å². The van der Waals surface area contributed by atoms with Crippen LogP contribution in [0.4, 0.5) is 0 Å². The van der Waals surface area contributed by atoms with Crippen molar-refractivity contribution in [3.05, 3.63) is 50.9 Å². The Morgan fingerprint density at radius 3 is 2.72 bits per heavy atom. The lowest BCUT2D eigenvalue weighted by atomic mass is 10.2. The quantitative estimate of drug-likeness (QED) is 0.420. The molecular formula is C22H25N5O3S2. The van der Waals surface area contributed by atoms with E-state index in [1.54, 1.807) is 15.7 Å². The highest BCUT2D eigenvalue weighted by molar-refractivity contribution is 7.99. The van der Waals surface area contributed by atoms with E-state index in [-0.39, 0.29) is 36.2 Å². The Balaban J connectivity index is 1.52. The van der Waals surface area contributed by atoms with Gasteiger partial charge < -0.3 is 10.2 Å². The van der Waals surface area contributed by atoms with Gasteiger partial charge >= 0.3 is 0 Å². The number of likely N-dealkylation sites (tertiary alicyclic amines) is 1. The van der Waals surface area contributed by atoms with Crippen molar-refractivity contribution in [1.29, 1.82) is 0 Å². The molecule has 0 aromatic carbocycles. The van der Waals surface area contributed by atoms with Crippen LogP contribution in [0.2, 0.25) is 0 Å². The number of nitrogens with zero attached hydrogens (tertiary/aromatic N) is 4. The number of hydrogen-bond donors (Lipinski definition) is 1. The van der Waals surface area contributed by atoms with E-state index in [0.29, 0.717) is 15.4 Å². The first-order valence-electron chi connectivity index (χ1n) is 10.5. The third-order valence-electron chi connectivity index (χ3n) is 5.53. The van der Waals surface area contributed by atoms with E-state index < -0.39 is 0 Å². The van der Waals surface area contributed by atoms with E-state index in [9.17, 15) is 14.4 Å². The van der Waals surface area contributed by atoms with Crippen molar-refractivity contribution < 1.29 is 9.59 Å². The van der Waals surface area contributed by atoms with Crippen molar-refractivity contribution in [2.24, 2.45) is 0 Å². The average Bonchev–Trinajstić information content (AvgIpc) is 3.42. The van der Waals surface area contributed by atoms with Gasteiger partial charge in [0, 0.05) is 24.2 Å². The fraction of sp³-hybridized carbons (Fsp3) is 0.409. The number of pyridine rings is 1. The van der Waals surface area contributed by atoms with Crippen LogP contribution in [-0.4, -0.2) is 56.6 Å². The topological polar surface area (TPSA) is 97.2 Å². The fourth-order valence-electron chi connectivity index (χ4n) is 3.65. The molecule has 1 fully saturated rings. The molecule has 0 bridgehead atoms. The van der Waals surface area contributed by atoms with E-state index in [0.717, 1.165) is 42.1 Å². The van der Waals surface area contributed by atoms with Gasteiger partial charge in [0.2, 0.25) is 11.8 Å². The molecule has 0 atom stereocenters. The highest BCUT2D eigenvalue weighted by Crippen LogP contribution is 2.28. The zero-order valence-corrected chi connectivity index (χ0v) is 19.7. The molecule has 32 heavy (non-hydrogen) atoms. The second-order valence-corrected chi connectivity index (χ2v) is 9.87. The van der Waals surface area contributed by atoms with Crippen LogP contribution in [-0.2, 0) is 16.1 Å². The monoisotopic (exact) mass is 471 g/mol. The van der Waals surface area contributed by atoms with Crippen molar-refractivity contribution in [3.63, 3.8) is 0 Å². The summed E-state index contributed by atoms with van der Waals surface area (Å²) in [6.07, 6.45) is 3.71. The molecule has 3 aromatic heterocycles. The van der Waals surface area contributed by atoms with E-state index in [1.165, 1.54) is 23.1 Å². The summed E-state index contributed by atoms with van der Waals surface area (Å²) >= 11 is 2.68. The second kappa shape index (κ2) is 9.83. The number of rotatable bonds is 7. The molecule has 1 N–H and O–H groups in total. The Morgan fingerprint density at radius 2 is 2.00 bits per heavy atom. The van der Waals surface area contributed by atoms with E-state index in [2.05, 4.69) is 10.3 Å². The van der Waals surface area contributed by atoms with Gasteiger partial charge in [0.1, 0.15) is 4.83 Å². The van der Waals surface area contributed by atoms with Gasteiger partial charge in [-0.15, -0.1) is 11.3 Å². The van der Waals surface area contributed by atoms with E-state index in [4.69, 9.17) is 4.98 Å². The first-order valence-corrected chi connectivity index (χ1v) is 12.3. The lowest BCUT2D eigenvalue weighted by Crippen LogP contribution is -2.39. The van der Waals surface area contributed by atoms with Gasteiger partial charge in [0.05, 0.1) is 29.9 Å². The van der Waals surface area contributed by atoms with E-state index in [1.807, 2.05) is 32.0 Å². The number of carbonyl (C=O) groups is 2. The van der Waals surface area contributed by atoms with Gasteiger partial charge in [-0.1, -0.05) is 17.8 Å². The Hall–Kier alpha value is -2.72. The number of thiophene rings is 1. The van der Waals surface area contributed by atoms with Crippen LogP contribution in [0.5, 0.6) is 0 Å². The molecule has 8 nitrogen and oxygen atoms in total. The van der Waals surface area contributed by atoms with Crippen LogP contribution in [0.25, 0.3) is 10.2 Å². The van der Waals surface area contributed by atoms with Crippen molar-refractivity contribution >= 4 is 45.1 Å². The number of nitrogens with one attached hydrogen (secondary N) is 1. The molecule has 168 valence electrons. The molecule has 1 aliphatic heterocycles. The molecule has 0 saturated carbocycles. The maximum Gasteiger partial charge on any atom is 0.263 e. The molecule has 2 amide bonds. The zero-order chi connectivity index (χ0) is 22.7. The predicted octanol–water partition coefficient (Wildman–Crippen LogP) is 2.35. The largest absolute Gasteiger partial charge is 0.346 e. The van der Waals surface area contributed by atoms with Crippen LogP contribution >= 0.6 is 23.1 Å². The van der Waals surface area contributed by atoms with Gasteiger partial charge in [0.25, 0.3) is 5.56 Å². The van der Waals surface area contributed by atoms with Crippen molar-refractivity contribution in [1.82, 2.24) is 24.8 Å². The zero-order valence-electron chi connectivity index (χ0n) is 18.1. The molecule has 0 unspecified atom stereocenters. The lowest BCUT2D eigenvalue weighted by Gasteiger charge is -2.15. The highest BCUT2D eigenvalue weighted by Gasteiger charge is 2.20. The van der Waals surface area contributed by atoms with Crippen LogP contribution < -0.4 is 10.9 Å². The third-order valence-corrected chi connectivity index (χ3v) is 7.61. The smallest absolute Gasteiger partial charge is 0.263 e. The molecule has 1 aliphatic rings. The summed E-state index contributed by atoms with van der Waals surface area (Å²) in [7, 11) is 0. The lowest BCUT2D eigenvalue weighted by molar-refractivity contribution is -0.131. The molecule has 10 heteroatoms. The minimum absolute atomic E-state index is 0.00406. The molecule has 4 heterocycles. The van der Waals surface area contributed by atoms with Crippen LogP contribution in [0, 0.1) is 13.8 Å². The summed E-state index contributed by atoms with van der Waals surface area (Å²) in [5.74, 6) is -0.256. The number of amides is 2. The molecule has 0 aliphatic carbocycles. The first kappa shape index (κ1) is 22.5.